The lowest BCUT2D eigenvalue weighted by Crippen LogP contribution is -2.26. The van der Waals surface area contributed by atoms with Gasteiger partial charge in [-0.05, 0) is 49.7 Å². The average Bonchev–Trinajstić information content (AvgIpc) is 3.02. The molecule has 1 aromatic heterocycles. The molecule has 1 unspecified atom stereocenters. The Morgan fingerprint density at radius 1 is 0.852 bits per heavy atom. The highest BCUT2D eigenvalue weighted by molar-refractivity contribution is 5.82. The highest BCUT2D eigenvalue weighted by Crippen LogP contribution is 2.47. The van der Waals surface area contributed by atoms with E-state index in [2.05, 4.69) is 100.0 Å². The minimum Gasteiger partial charge on any atom is -0.239 e. The fraction of sp³-hybridized carbons (Fsp3) is 0.417. The maximum atomic E-state index is 4.69. The molecular weight excluding hydrogens is 330 g/mol. The van der Waals surface area contributed by atoms with Crippen molar-refractivity contribution >= 4 is 0 Å². The molecule has 1 atom stereocenters. The molecule has 0 N–H and O–H groups in total. The van der Waals surface area contributed by atoms with E-state index in [1.54, 1.807) is 0 Å². The molecule has 3 aromatic rings. The SMILES string of the molecule is CC(C)(C)C1Cc2ccccc2-c2c(nnn2C(C)(C)C)-c2ccccc21. The van der Waals surface area contributed by atoms with E-state index in [-0.39, 0.29) is 11.0 Å². The molecule has 0 aliphatic heterocycles. The van der Waals surface area contributed by atoms with Gasteiger partial charge in [-0.2, -0.15) is 0 Å². The van der Waals surface area contributed by atoms with Crippen LogP contribution in [0.2, 0.25) is 0 Å². The molecule has 2 aromatic carbocycles. The van der Waals surface area contributed by atoms with E-state index in [0.717, 1.165) is 17.8 Å². The lowest BCUT2D eigenvalue weighted by molar-refractivity contribution is 0.318. The Balaban J connectivity index is 2.11. The topological polar surface area (TPSA) is 30.7 Å². The molecule has 0 spiro atoms. The summed E-state index contributed by atoms with van der Waals surface area (Å²) in [6.07, 6.45) is 1.02. The first kappa shape index (κ1) is 18.0. The Bertz CT molecular complexity index is 983. The average molecular weight is 360 g/mol. The molecule has 1 aliphatic rings. The molecule has 0 radical (unpaired) electrons. The van der Waals surface area contributed by atoms with E-state index in [4.69, 9.17) is 5.10 Å². The number of hydrogen-bond acceptors (Lipinski definition) is 2. The van der Waals surface area contributed by atoms with E-state index in [1.165, 1.54) is 22.3 Å². The summed E-state index contributed by atoms with van der Waals surface area (Å²) in [6.45, 7) is 13.6. The van der Waals surface area contributed by atoms with Gasteiger partial charge in [0.1, 0.15) is 5.69 Å². The predicted octanol–water partition coefficient (Wildman–Crippen LogP) is 6.05. The van der Waals surface area contributed by atoms with Crippen molar-refractivity contribution in [3.8, 4) is 22.5 Å². The van der Waals surface area contributed by atoms with Gasteiger partial charge in [-0.15, -0.1) is 5.10 Å². The Morgan fingerprint density at radius 2 is 1.48 bits per heavy atom. The molecule has 0 saturated carbocycles. The maximum absolute atomic E-state index is 4.69. The van der Waals surface area contributed by atoms with E-state index in [0.29, 0.717) is 5.92 Å². The highest BCUT2D eigenvalue weighted by atomic mass is 15.5. The van der Waals surface area contributed by atoms with Crippen LogP contribution in [0.1, 0.15) is 58.6 Å². The van der Waals surface area contributed by atoms with Crippen LogP contribution in [0, 0.1) is 5.41 Å². The predicted molar refractivity (Wildman–Crippen MR) is 112 cm³/mol. The molecule has 0 fully saturated rings. The number of benzene rings is 2. The molecule has 0 bridgehead atoms. The molecule has 1 aliphatic carbocycles. The number of rotatable bonds is 0. The van der Waals surface area contributed by atoms with Crippen molar-refractivity contribution in [3.63, 3.8) is 0 Å². The minimum atomic E-state index is -0.134. The van der Waals surface area contributed by atoms with Gasteiger partial charge in [0.25, 0.3) is 0 Å². The van der Waals surface area contributed by atoms with Crippen molar-refractivity contribution in [3.05, 3.63) is 59.7 Å². The number of nitrogens with zero attached hydrogens (tertiary/aromatic N) is 3. The fourth-order valence-corrected chi connectivity index (χ4v) is 4.22. The smallest absolute Gasteiger partial charge is 0.121 e. The summed E-state index contributed by atoms with van der Waals surface area (Å²) in [5.74, 6) is 0.419. The molecule has 0 saturated heterocycles. The van der Waals surface area contributed by atoms with Crippen molar-refractivity contribution in [2.45, 2.75) is 59.4 Å². The minimum absolute atomic E-state index is 0.134. The fourth-order valence-electron chi connectivity index (χ4n) is 4.22. The van der Waals surface area contributed by atoms with Gasteiger partial charge in [0.15, 0.2) is 0 Å². The third-order valence-electron chi connectivity index (χ3n) is 5.64. The lowest BCUT2D eigenvalue weighted by Gasteiger charge is -2.35. The highest BCUT2D eigenvalue weighted by Gasteiger charge is 2.34. The zero-order valence-corrected chi connectivity index (χ0v) is 17.2. The molecule has 3 heteroatoms. The van der Waals surface area contributed by atoms with Gasteiger partial charge in [-0.3, -0.25) is 0 Å². The van der Waals surface area contributed by atoms with Crippen molar-refractivity contribution in [1.29, 1.82) is 0 Å². The Morgan fingerprint density at radius 3 is 2.15 bits per heavy atom. The second kappa shape index (κ2) is 6.05. The summed E-state index contributed by atoms with van der Waals surface area (Å²) in [6, 6.07) is 17.5. The van der Waals surface area contributed by atoms with Crippen LogP contribution < -0.4 is 0 Å². The second-order valence-electron chi connectivity index (χ2n) is 9.74. The Hall–Kier alpha value is -2.42. The summed E-state index contributed by atoms with van der Waals surface area (Å²) in [5.41, 5.74) is 7.39. The molecule has 27 heavy (non-hydrogen) atoms. The van der Waals surface area contributed by atoms with Gasteiger partial charge in [-0.25, -0.2) is 4.68 Å². The molecule has 1 heterocycles. The van der Waals surface area contributed by atoms with Gasteiger partial charge in [0, 0.05) is 11.1 Å². The molecule has 4 rings (SSSR count). The first-order valence-corrected chi connectivity index (χ1v) is 9.81. The molecular formula is C24H29N3. The van der Waals surface area contributed by atoms with Gasteiger partial charge in [0.05, 0.1) is 11.2 Å². The van der Waals surface area contributed by atoms with Crippen LogP contribution in [0.15, 0.2) is 48.5 Å². The largest absolute Gasteiger partial charge is 0.239 e. The van der Waals surface area contributed by atoms with E-state index in [9.17, 15) is 0 Å². The van der Waals surface area contributed by atoms with Crippen LogP contribution in [0.4, 0.5) is 0 Å². The van der Waals surface area contributed by atoms with E-state index in [1.807, 2.05) is 0 Å². The van der Waals surface area contributed by atoms with Crippen molar-refractivity contribution in [2.75, 3.05) is 0 Å². The van der Waals surface area contributed by atoms with Crippen molar-refractivity contribution in [2.24, 2.45) is 5.41 Å². The first-order valence-electron chi connectivity index (χ1n) is 9.81. The lowest BCUT2D eigenvalue weighted by atomic mass is 9.70. The Kier molecular flexibility index (Phi) is 4.03. The third kappa shape index (κ3) is 2.99. The molecule has 140 valence electrons. The second-order valence-corrected chi connectivity index (χ2v) is 9.74. The zero-order chi connectivity index (χ0) is 19.4. The summed E-state index contributed by atoms with van der Waals surface area (Å²) >= 11 is 0. The monoisotopic (exact) mass is 359 g/mol. The maximum Gasteiger partial charge on any atom is 0.121 e. The van der Waals surface area contributed by atoms with Gasteiger partial charge in [-0.1, -0.05) is 74.5 Å². The van der Waals surface area contributed by atoms with Crippen LogP contribution in [-0.2, 0) is 12.0 Å². The van der Waals surface area contributed by atoms with Gasteiger partial charge >= 0.3 is 0 Å². The van der Waals surface area contributed by atoms with Crippen molar-refractivity contribution < 1.29 is 0 Å². The Labute approximate surface area is 162 Å². The summed E-state index contributed by atoms with van der Waals surface area (Å²) < 4.78 is 2.09. The molecule has 0 amide bonds. The summed E-state index contributed by atoms with van der Waals surface area (Å²) in [7, 11) is 0. The number of hydrogen-bond donors (Lipinski definition) is 0. The van der Waals surface area contributed by atoms with Crippen LogP contribution in [0.3, 0.4) is 0 Å². The van der Waals surface area contributed by atoms with Crippen LogP contribution in [-0.4, -0.2) is 15.0 Å². The van der Waals surface area contributed by atoms with Crippen LogP contribution >= 0.6 is 0 Å². The van der Waals surface area contributed by atoms with Crippen LogP contribution in [0.5, 0.6) is 0 Å². The standard InChI is InChI=1S/C24H29N3/c1-23(2,3)20-15-16-11-7-8-12-17(16)22-21(19-14-10-9-13-18(19)20)25-26-27(22)24(4,5)6/h7-14,20H,15H2,1-6H3. The summed E-state index contributed by atoms with van der Waals surface area (Å²) in [5, 5.41) is 9.30. The number of fused-ring (bicyclic) bond motifs is 5. The van der Waals surface area contributed by atoms with Crippen LogP contribution in [0.25, 0.3) is 22.5 Å². The zero-order valence-electron chi connectivity index (χ0n) is 17.2. The van der Waals surface area contributed by atoms with Gasteiger partial charge in [0.2, 0.25) is 0 Å². The van der Waals surface area contributed by atoms with E-state index < -0.39 is 0 Å². The summed E-state index contributed by atoms with van der Waals surface area (Å²) in [4.78, 5) is 0. The molecule has 3 nitrogen and oxygen atoms in total. The first-order chi connectivity index (χ1) is 12.7. The van der Waals surface area contributed by atoms with E-state index >= 15 is 0 Å². The normalized spacial score (nSPS) is 16.7. The van der Waals surface area contributed by atoms with Gasteiger partial charge < -0.3 is 0 Å². The van der Waals surface area contributed by atoms with Crippen molar-refractivity contribution in [1.82, 2.24) is 15.0 Å². The number of aromatic nitrogens is 3. The third-order valence-corrected chi connectivity index (χ3v) is 5.64. The quantitative estimate of drug-likeness (QED) is 0.489.